The molecule has 1 unspecified atom stereocenters. The lowest BCUT2D eigenvalue weighted by Gasteiger charge is -2.65. The molecule has 290 valence electrons. The van der Waals surface area contributed by atoms with Crippen molar-refractivity contribution < 1.29 is 28.7 Å². The number of hydrogen-bond donors (Lipinski definition) is 1. The SMILES string of the molecule is CC1(C)C(Oc2ccc(C#N)c(Cl)c2)C(C)(C)C1N1Cc2nc(C#CC3CN(C4CN(c5ccc6c(c5)C(=O)N(C5CCC(=O)NC5=O)C6=O)C4)C3)ccc2C1=O. The zero-order valence-electron chi connectivity index (χ0n) is 32.0. The van der Waals surface area contributed by atoms with Crippen LogP contribution in [0.4, 0.5) is 5.69 Å². The molecule has 0 spiro atoms. The molecule has 1 N–H and O–H groups in total. The van der Waals surface area contributed by atoms with Crippen molar-refractivity contribution in [3.05, 3.63) is 87.2 Å². The molecule has 6 aliphatic rings. The first kappa shape index (κ1) is 36.9. The number of likely N-dealkylation sites (tertiary alicyclic amines) is 1. The summed E-state index contributed by atoms with van der Waals surface area (Å²) in [6.07, 6.45) is -0.0000633. The Morgan fingerprint density at radius 3 is 2.30 bits per heavy atom. The third-order valence-electron chi connectivity index (χ3n) is 12.7. The van der Waals surface area contributed by atoms with E-state index >= 15 is 0 Å². The molecule has 1 aromatic heterocycles. The summed E-state index contributed by atoms with van der Waals surface area (Å²) in [6.45, 7) is 12.1. The first-order chi connectivity index (χ1) is 27.1. The summed E-state index contributed by atoms with van der Waals surface area (Å²) in [6, 6.07) is 15.3. The molecular formula is C43H40ClN7O6. The number of anilines is 1. The van der Waals surface area contributed by atoms with Gasteiger partial charge in [0.05, 0.1) is 39.5 Å². The Bertz CT molecular complexity index is 2400. The smallest absolute Gasteiger partial charge is 0.262 e. The van der Waals surface area contributed by atoms with Gasteiger partial charge in [-0.15, -0.1) is 0 Å². The Morgan fingerprint density at radius 2 is 1.60 bits per heavy atom. The predicted molar refractivity (Wildman–Crippen MR) is 207 cm³/mol. The maximum absolute atomic E-state index is 13.7. The van der Waals surface area contributed by atoms with Crippen LogP contribution in [0.3, 0.4) is 0 Å². The van der Waals surface area contributed by atoms with Crippen LogP contribution in [0.25, 0.3) is 0 Å². The lowest BCUT2D eigenvalue weighted by Crippen LogP contribution is -2.74. The van der Waals surface area contributed by atoms with Crippen molar-refractivity contribution in [1.29, 1.82) is 5.26 Å². The van der Waals surface area contributed by atoms with E-state index in [4.69, 9.17) is 21.3 Å². The Morgan fingerprint density at radius 1 is 0.877 bits per heavy atom. The van der Waals surface area contributed by atoms with Crippen molar-refractivity contribution in [3.63, 3.8) is 0 Å². The molecule has 4 fully saturated rings. The molecule has 1 aliphatic carbocycles. The van der Waals surface area contributed by atoms with Gasteiger partial charge in [0.25, 0.3) is 17.7 Å². The second kappa shape index (κ2) is 13.2. The molecule has 5 aliphatic heterocycles. The highest BCUT2D eigenvalue weighted by Gasteiger charge is 2.67. The van der Waals surface area contributed by atoms with E-state index in [1.807, 2.05) is 23.1 Å². The number of imide groups is 2. The van der Waals surface area contributed by atoms with E-state index in [9.17, 15) is 29.2 Å². The number of rotatable bonds is 6. The van der Waals surface area contributed by atoms with Crippen molar-refractivity contribution in [3.8, 4) is 23.7 Å². The van der Waals surface area contributed by atoms with Crippen LogP contribution in [0.15, 0.2) is 48.5 Å². The monoisotopic (exact) mass is 785 g/mol. The Balaban J connectivity index is 0.783. The second-order valence-electron chi connectivity index (χ2n) is 17.1. The second-order valence-corrected chi connectivity index (χ2v) is 17.5. The minimum absolute atomic E-state index is 0.0404. The van der Waals surface area contributed by atoms with Crippen LogP contribution in [-0.2, 0) is 16.1 Å². The molecule has 13 nitrogen and oxygen atoms in total. The van der Waals surface area contributed by atoms with Gasteiger partial charge in [-0.25, -0.2) is 4.98 Å². The van der Waals surface area contributed by atoms with E-state index in [0.717, 1.165) is 42.5 Å². The van der Waals surface area contributed by atoms with E-state index in [-0.39, 0.29) is 58.8 Å². The number of amides is 5. The number of benzene rings is 2. The van der Waals surface area contributed by atoms with Gasteiger partial charge in [0.1, 0.15) is 29.7 Å². The molecule has 1 saturated carbocycles. The normalized spacial score (nSPS) is 25.1. The standard InChI is InChI=1S/C43H40ClN7O6/c1-42(2)40(43(3,4)41(42)57-28-10-6-24(17-45)32(44)16-28)50-22-33-30(37(50)54)11-8-25(46-33)7-5-23-18-48(19-23)27-20-49(21-27)26-9-12-29-31(15-26)39(56)51(38(29)55)34-13-14-35(52)47-36(34)53/h6,8-12,15-16,23,27,34,40-41H,13-14,18-22H2,1-4H3,(H,47,52,53). The maximum atomic E-state index is 13.7. The van der Waals surface area contributed by atoms with Gasteiger partial charge in [0.15, 0.2) is 0 Å². The van der Waals surface area contributed by atoms with Crippen LogP contribution in [0.2, 0.25) is 5.02 Å². The van der Waals surface area contributed by atoms with Crippen LogP contribution in [0, 0.1) is 39.9 Å². The average Bonchev–Trinajstić information content (AvgIpc) is 3.57. The third-order valence-corrected chi connectivity index (χ3v) is 13.0. The number of fused-ring (bicyclic) bond motifs is 2. The highest BCUT2D eigenvalue weighted by molar-refractivity contribution is 6.31. The Labute approximate surface area is 334 Å². The summed E-state index contributed by atoms with van der Waals surface area (Å²) >= 11 is 6.27. The van der Waals surface area contributed by atoms with Crippen molar-refractivity contribution in [2.45, 2.75) is 71.3 Å². The number of carbonyl (C=O) groups excluding carboxylic acids is 5. The zero-order chi connectivity index (χ0) is 40.1. The number of pyridine rings is 1. The maximum Gasteiger partial charge on any atom is 0.262 e. The van der Waals surface area contributed by atoms with Gasteiger partial charge in [-0.2, -0.15) is 5.26 Å². The molecule has 5 amide bonds. The fraction of sp³-hybridized carbons (Fsp3) is 0.419. The summed E-state index contributed by atoms with van der Waals surface area (Å²) in [5.74, 6) is 5.34. The third kappa shape index (κ3) is 5.86. The van der Waals surface area contributed by atoms with Crippen LogP contribution in [-0.4, -0.2) is 99.6 Å². The molecule has 2 aromatic carbocycles. The van der Waals surface area contributed by atoms with Gasteiger partial charge in [-0.1, -0.05) is 45.2 Å². The van der Waals surface area contributed by atoms with Gasteiger partial charge in [0, 0.05) is 73.2 Å². The van der Waals surface area contributed by atoms with Gasteiger partial charge >= 0.3 is 0 Å². The van der Waals surface area contributed by atoms with E-state index in [2.05, 4.69) is 60.7 Å². The number of nitrogens with zero attached hydrogens (tertiary/aromatic N) is 6. The van der Waals surface area contributed by atoms with Crippen molar-refractivity contribution in [2.75, 3.05) is 31.1 Å². The molecule has 0 bridgehead atoms. The number of halogens is 1. The first-order valence-electron chi connectivity index (χ1n) is 19.2. The van der Waals surface area contributed by atoms with E-state index in [1.165, 1.54) is 0 Å². The number of aromatic nitrogens is 1. The summed E-state index contributed by atoms with van der Waals surface area (Å²) in [5, 5.41) is 11.8. The van der Waals surface area contributed by atoms with Crippen LogP contribution < -0.4 is 15.0 Å². The summed E-state index contributed by atoms with van der Waals surface area (Å²) in [4.78, 5) is 76.4. The number of hydrogen-bond acceptors (Lipinski definition) is 10. The molecule has 0 radical (unpaired) electrons. The number of ether oxygens (including phenoxy) is 1. The van der Waals surface area contributed by atoms with Crippen molar-refractivity contribution in [2.24, 2.45) is 16.7 Å². The Hall–Kier alpha value is -5.76. The quantitative estimate of drug-likeness (QED) is 0.286. The van der Waals surface area contributed by atoms with Gasteiger partial charge in [-0.05, 0) is 54.8 Å². The lowest BCUT2D eigenvalue weighted by atomic mass is 9.49. The van der Waals surface area contributed by atoms with Crippen molar-refractivity contribution in [1.82, 2.24) is 25.0 Å². The Kier molecular flexibility index (Phi) is 8.50. The number of carbonyl (C=O) groups is 5. The van der Waals surface area contributed by atoms with Crippen molar-refractivity contribution >= 4 is 46.8 Å². The topological polar surface area (TPSA) is 156 Å². The van der Waals surface area contributed by atoms with Gasteiger partial charge in [-0.3, -0.25) is 39.1 Å². The molecule has 9 rings (SSSR count). The average molecular weight is 786 g/mol. The molecular weight excluding hydrogens is 746 g/mol. The van der Waals surface area contributed by atoms with Crippen LogP contribution >= 0.6 is 11.6 Å². The van der Waals surface area contributed by atoms with Gasteiger partial charge in [0.2, 0.25) is 11.8 Å². The molecule has 6 heterocycles. The van der Waals surface area contributed by atoms with E-state index in [0.29, 0.717) is 40.2 Å². The fourth-order valence-electron chi connectivity index (χ4n) is 10.1. The van der Waals surface area contributed by atoms with E-state index < -0.39 is 29.7 Å². The highest BCUT2D eigenvalue weighted by Crippen LogP contribution is 2.59. The van der Waals surface area contributed by atoms with Crippen LogP contribution in [0.1, 0.15) is 88.6 Å². The summed E-state index contributed by atoms with van der Waals surface area (Å²) < 4.78 is 6.45. The molecule has 3 saturated heterocycles. The van der Waals surface area contributed by atoms with Gasteiger partial charge < -0.3 is 14.5 Å². The summed E-state index contributed by atoms with van der Waals surface area (Å²) in [5.41, 5.74) is 3.01. The highest BCUT2D eigenvalue weighted by atomic mass is 35.5. The molecule has 1 atom stereocenters. The molecule has 3 aromatic rings. The first-order valence-corrected chi connectivity index (χ1v) is 19.6. The molecule has 14 heteroatoms. The largest absolute Gasteiger partial charge is 0.489 e. The minimum atomic E-state index is -0.987. The number of nitrogens with one attached hydrogen (secondary N) is 1. The number of nitriles is 1. The number of piperidine rings is 1. The predicted octanol–water partition coefficient (Wildman–Crippen LogP) is 4.02. The fourth-order valence-corrected chi connectivity index (χ4v) is 10.3. The van der Waals surface area contributed by atoms with E-state index in [1.54, 1.807) is 30.3 Å². The van der Waals surface area contributed by atoms with Crippen LogP contribution in [0.5, 0.6) is 5.75 Å². The summed E-state index contributed by atoms with van der Waals surface area (Å²) in [7, 11) is 0. The molecule has 57 heavy (non-hydrogen) atoms. The minimum Gasteiger partial charge on any atom is -0.489 e. The zero-order valence-corrected chi connectivity index (χ0v) is 32.7. The lowest BCUT2D eigenvalue weighted by molar-refractivity contribution is -0.199.